The van der Waals surface area contributed by atoms with Gasteiger partial charge in [0.1, 0.15) is 18.9 Å². The molecule has 0 heterocycles. The second kappa shape index (κ2) is 12.6. The highest BCUT2D eigenvalue weighted by atomic mass is 35.5. The minimum Gasteiger partial charge on any atom is -0.489 e. The monoisotopic (exact) mass is 561 g/mol. The molecule has 4 aromatic carbocycles. The average Bonchev–Trinajstić information content (AvgIpc) is 2.93. The lowest BCUT2D eigenvalue weighted by Gasteiger charge is -2.24. The van der Waals surface area contributed by atoms with Crippen LogP contribution in [0.4, 0.5) is 5.69 Å². The van der Waals surface area contributed by atoms with Crippen molar-refractivity contribution in [3.63, 3.8) is 0 Å². The Hall–Kier alpha value is -4.14. The van der Waals surface area contributed by atoms with Crippen molar-refractivity contribution in [2.45, 2.75) is 25.3 Å². The molecule has 200 valence electrons. The fourth-order valence-electron chi connectivity index (χ4n) is 3.64. The van der Waals surface area contributed by atoms with Gasteiger partial charge in [-0.15, -0.1) is 0 Å². The standard InChI is InChI=1S/C30H28ClN3O4S/c1-22-7-11-25(12-8-22)21-38-26-15-13-24(14-16-26)19-32-33-30(35)20-34(29-6-4-3-5-28(29)31)39(36,37)27-17-9-23(2)10-18-27/h3-19H,20-21H2,1-2H3,(H,33,35)/b32-19+. The van der Waals surface area contributed by atoms with Crippen molar-refractivity contribution in [1.29, 1.82) is 0 Å². The molecular weight excluding hydrogens is 534 g/mol. The highest BCUT2D eigenvalue weighted by Gasteiger charge is 2.28. The van der Waals surface area contributed by atoms with Crippen molar-refractivity contribution >= 4 is 39.4 Å². The molecule has 0 aliphatic rings. The van der Waals surface area contributed by atoms with Crippen LogP contribution in [-0.4, -0.2) is 27.1 Å². The van der Waals surface area contributed by atoms with Gasteiger partial charge >= 0.3 is 0 Å². The summed E-state index contributed by atoms with van der Waals surface area (Å²) in [7, 11) is -4.08. The smallest absolute Gasteiger partial charge is 0.264 e. The van der Waals surface area contributed by atoms with Gasteiger partial charge in [-0.3, -0.25) is 9.10 Å². The van der Waals surface area contributed by atoms with Crippen LogP contribution in [0.5, 0.6) is 5.75 Å². The third kappa shape index (κ3) is 7.46. The van der Waals surface area contributed by atoms with E-state index in [0.29, 0.717) is 12.4 Å². The van der Waals surface area contributed by atoms with E-state index in [0.717, 1.165) is 21.0 Å². The fraction of sp³-hybridized carbons (Fsp3) is 0.133. The SMILES string of the molecule is Cc1ccc(COc2ccc(/C=N/NC(=O)CN(c3ccccc3Cl)S(=O)(=O)c3ccc(C)cc3)cc2)cc1. The number of hydrogen-bond donors (Lipinski definition) is 1. The van der Waals surface area contributed by atoms with Crippen LogP contribution < -0.4 is 14.5 Å². The second-order valence-corrected chi connectivity index (χ2v) is 11.2. The summed E-state index contributed by atoms with van der Waals surface area (Å²) in [5.41, 5.74) is 6.50. The number of carbonyl (C=O) groups is 1. The fourth-order valence-corrected chi connectivity index (χ4v) is 5.36. The number of hydrogen-bond acceptors (Lipinski definition) is 5. The molecule has 9 heteroatoms. The first kappa shape index (κ1) is 27.9. The molecule has 0 radical (unpaired) electrons. The van der Waals surface area contributed by atoms with Gasteiger partial charge in [0.25, 0.3) is 15.9 Å². The first-order chi connectivity index (χ1) is 18.7. The Morgan fingerprint density at radius 1 is 0.897 bits per heavy atom. The van der Waals surface area contributed by atoms with Crippen molar-refractivity contribution in [1.82, 2.24) is 5.43 Å². The van der Waals surface area contributed by atoms with Crippen molar-refractivity contribution in [3.05, 3.63) is 124 Å². The molecule has 0 aliphatic carbocycles. The Bertz CT molecular complexity index is 1550. The third-order valence-corrected chi connectivity index (χ3v) is 7.92. The summed E-state index contributed by atoms with van der Waals surface area (Å²) in [5.74, 6) is 0.0772. The van der Waals surface area contributed by atoms with E-state index in [-0.39, 0.29) is 15.6 Å². The molecule has 0 fully saturated rings. The minimum absolute atomic E-state index is 0.0500. The van der Waals surface area contributed by atoms with E-state index in [1.165, 1.54) is 23.9 Å². The summed E-state index contributed by atoms with van der Waals surface area (Å²) in [6.07, 6.45) is 1.47. The number of carbonyl (C=O) groups excluding carboxylic acids is 1. The maximum atomic E-state index is 13.5. The number of nitrogens with zero attached hydrogens (tertiary/aromatic N) is 2. The number of rotatable bonds is 10. The van der Waals surface area contributed by atoms with Crippen LogP contribution in [0.1, 0.15) is 22.3 Å². The van der Waals surface area contributed by atoms with Crippen LogP contribution in [0.25, 0.3) is 0 Å². The molecule has 0 saturated carbocycles. The van der Waals surface area contributed by atoms with Crippen LogP contribution in [0, 0.1) is 13.8 Å². The summed E-state index contributed by atoms with van der Waals surface area (Å²) >= 11 is 6.30. The first-order valence-corrected chi connectivity index (χ1v) is 14.0. The van der Waals surface area contributed by atoms with E-state index in [4.69, 9.17) is 16.3 Å². The molecule has 0 saturated heterocycles. The highest BCUT2D eigenvalue weighted by Crippen LogP contribution is 2.30. The molecule has 0 unspecified atom stereocenters. The second-order valence-electron chi connectivity index (χ2n) is 8.91. The summed E-state index contributed by atoms with van der Waals surface area (Å²) in [6.45, 7) is 3.84. The maximum absolute atomic E-state index is 13.5. The number of hydrazone groups is 1. The van der Waals surface area contributed by atoms with Gasteiger partial charge in [0, 0.05) is 0 Å². The van der Waals surface area contributed by atoms with Gasteiger partial charge in [0.2, 0.25) is 0 Å². The van der Waals surface area contributed by atoms with Crippen molar-refractivity contribution in [3.8, 4) is 5.75 Å². The first-order valence-electron chi connectivity index (χ1n) is 12.2. The van der Waals surface area contributed by atoms with Crippen LogP contribution >= 0.6 is 11.6 Å². The molecule has 1 N–H and O–H groups in total. The van der Waals surface area contributed by atoms with Gasteiger partial charge < -0.3 is 4.74 Å². The Morgan fingerprint density at radius 2 is 1.51 bits per heavy atom. The molecule has 0 bridgehead atoms. The van der Waals surface area contributed by atoms with E-state index in [2.05, 4.69) is 10.5 Å². The lowest BCUT2D eigenvalue weighted by molar-refractivity contribution is -0.119. The predicted molar refractivity (Wildman–Crippen MR) is 155 cm³/mol. The summed E-state index contributed by atoms with van der Waals surface area (Å²) < 4.78 is 33.7. The number of benzene rings is 4. The Balaban J connectivity index is 1.41. The largest absolute Gasteiger partial charge is 0.489 e. The molecule has 4 aromatic rings. The van der Waals surface area contributed by atoms with E-state index in [9.17, 15) is 13.2 Å². The number of ether oxygens (including phenoxy) is 1. The van der Waals surface area contributed by atoms with Gasteiger partial charge in [-0.25, -0.2) is 13.8 Å². The Labute approximate surface area is 233 Å². The third-order valence-electron chi connectivity index (χ3n) is 5.83. The zero-order valence-corrected chi connectivity index (χ0v) is 23.1. The van der Waals surface area contributed by atoms with Crippen LogP contribution in [0.15, 0.2) is 107 Å². The van der Waals surface area contributed by atoms with Gasteiger partial charge in [-0.2, -0.15) is 5.10 Å². The number of nitrogens with one attached hydrogen (secondary N) is 1. The van der Waals surface area contributed by atoms with Crippen molar-refractivity contribution < 1.29 is 17.9 Å². The van der Waals surface area contributed by atoms with E-state index < -0.39 is 22.5 Å². The number of halogens is 1. The molecule has 0 atom stereocenters. The van der Waals surface area contributed by atoms with Gasteiger partial charge in [0.15, 0.2) is 0 Å². The lowest BCUT2D eigenvalue weighted by Crippen LogP contribution is -2.39. The highest BCUT2D eigenvalue weighted by molar-refractivity contribution is 7.92. The molecule has 4 rings (SSSR count). The molecule has 0 aromatic heterocycles. The minimum atomic E-state index is -4.08. The number of amides is 1. The maximum Gasteiger partial charge on any atom is 0.264 e. The molecule has 39 heavy (non-hydrogen) atoms. The summed E-state index contributed by atoms with van der Waals surface area (Å²) in [4.78, 5) is 12.8. The number of anilines is 1. The van der Waals surface area contributed by atoms with Crippen LogP contribution in [0.2, 0.25) is 5.02 Å². The molecular formula is C30H28ClN3O4S. The van der Waals surface area contributed by atoms with Gasteiger partial charge in [0.05, 0.1) is 21.8 Å². The molecule has 0 spiro atoms. The topological polar surface area (TPSA) is 88.1 Å². The van der Waals surface area contributed by atoms with Crippen molar-refractivity contribution in [2.24, 2.45) is 5.10 Å². The molecule has 0 aliphatic heterocycles. The molecule has 1 amide bonds. The summed E-state index contributed by atoms with van der Waals surface area (Å²) in [6, 6.07) is 28.2. The van der Waals surface area contributed by atoms with Crippen molar-refractivity contribution in [2.75, 3.05) is 10.8 Å². The van der Waals surface area contributed by atoms with Crippen LogP contribution in [-0.2, 0) is 21.4 Å². The predicted octanol–water partition coefficient (Wildman–Crippen LogP) is 5.88. The number of aryl methyl sites for hydroxylation is 2. The van der Waals surface area contributed by atoms with Crippen LogP contribution in [0.3, 0.4) is 0 Å². The zero-order valence-electron chi connectivity index (χ0n) is 21.5. The van der Waals surface area contributed by atoms with Gasteiger partial charge in [-0.1, -0.05) is 71.3 Å². The normalized spacial score (nSPS) is 11.4. The quantitative estimate of drug-likeness (QED) is 0.193. The number of sulfonamides is 1. The molecule has 7 nitrogen and oxygen atoms in total. The van der Waals surface area contributed by atoms with E-state index >= 15 is 0 Å². The van der Waals surface area contributed by atoms with Gasteiger partial charge in [-0.05, 0) is 73.5 Å². The number of para-hydroxylation sites is 1. The Morgan fingerprint density at radius 3 is 2.15 bits per heavy atom. The van der Waals surface area contributed by atoms with E-state index in [1.807, 2.05) is 50.2 Å². The summed E-state index contributed by atoms with van der Waals surface area (Å²) in [5, 5.41) is 4.19. The zero-order chi connectivity index (χ0) is 27.8. The van der Waals surface area contributed by atoms with E-state index in [1.54, 1.807) is 48.5 Å². The lowest BCUT2D eigenvalue weighted by atomic mass is 10.2. The Kier molecular flexibility index (Phi) is 9.01. The average molecular weight is 562 g/mol.